The standard InChI is InChI=1S/C26H25N3O3/c1-17-8-11-22(14-18(17)2)28-25(31)19-9-12-21(13-10-19)27-26(32)20-15-24(30)29(16-20)23-6-4-3-5-7-23/h3-14,20H,15-16H2,1-2H3,(H,27,32)(H,28,31). The lowest BCUT2D eigenvalue weighted by Gasteiger charge is -2.16. The highest BCUT2D eigenvalue weighted by molar-refractivity contribution is 6.05. The zero-order valence-electron chi connectivity index (χ0n) is 18.1. The number of carbonyl (C=O) groups excluding carboxylic acids is 3. The third kappa shape index (κ3) is 4.70. The summed E-state index contributed by atoms with van der Waals surface area (Å²) in [6, 6.07) is 21.8. The molecule has 0 bridgehead atoms. The van der Waals surface area contributed by atoms with Gasteiger partial charge in [-0.3, -0.25) is 14.4 Å². The maximum atomic E-state index is 12.7. The largest absolute Gasteiger partial charge is 0.326 e. The van der Waals surface area contributed by atoms with Crippen LogP contribution < -0.4 is 15.5 Å². The van der Waals surface area contributed by atoms with E-state index >= 15 is 0 Å². The summed E-state index contributed by atoms with van der Waals surface area (Å²) in [5, 5.41) is 5.74. The van der Waals surface area contributed by atoms with Crippen LogP contribution in [0, 0.1) is 19.8 Å². The normalized spacial score (nSPS) is 15.5. The lowest BCUT2D eigenvalue weighted by Crippen LogP contribution is -2.28. The zero-order chi connectivity index (χ0) is 22.7. The number of hydrogen-bond acceptors (Lipinski definition) is 3. The van der Waals surface area contributed by atoms with E-state index in [1.54, 1.807) is 29.2 Å². The minimum atomic E-state index is -0.421. The Morgan fingerprint density at radius 3 is 2.22 bits per heavy atom. The molecule has 1 aliphatic rings. The lowest BCUT2D eigenvalue weighted by molar-refractivity contribution is -0.122. The van der Waals surface area contributed by atoms with Gasteiger partial charge in [0.05, 0.1) is 5.92 Å². The number of hydrogen-bond donors (Lipinski definition) is 2. The van der Waals surface area contributed by atoms with Gasteiger partial charge in [0.15, 0.2) is 0 Å². The van der Waals surface area contributed by atoms with Gasteiger partial charge in [0, 0.05) is 35.6 Å². The third-order valence-corrected chi connectivity index (χ3v) is 5.74. The van der Waals surface area contributed by atoms with Crippen LogP contribution in [0.5, 0.6) is 0 Å². The molecule has 4 rings (SSSR count). The topological polar surface area (TPSA) is 78.5 Å². The van der Waals surface area contributed by atoms with Crippen LogP contribution in [0.15, 0.2) is 72.8 Å². The second-order valence-corrected chi connectivity index (χ2v) is 8.06. The summed E-state index contributed by atoms with van der Waals surface area (Å²) < 4.78 is 0. The Balaban J connectivity index is 1.36. The molecule has 1 aliphatic heterocycles. The SMILES string of the molecule is Cc1ccc(NC(=O)c2ccc(NC(=O)C3CC(=O)N(c4ccccc4)C3)cc2)cc1C. The van der Waals surface area contributed by atoms with E-state index in [2.05, 4.69) is 10.6 Å². The van der Waals surface area contributed by atoms with Crippen LogP contribution in [0.25, 0.3) is 0 Å². The van der Waals surface area contributed by atoms with Crippen molar-refractivity contribution in [1.82, 2.24) is 0 Å². The highest BCUT2D eigenvalue weighted by Gasteiger charge is 2.35. The number of rotatable bonds is 5. The van der Waals surface area contributed by atoms with E-state index in [0.29, 0.717) is 17.8 Å². The van der Waals surface area contributed by atoms with E-state index in [0.717, 1.165) is 16.9 Å². The highest BCUT2D eigenvalue weighted by Crippen LogP contribution is 2.26. The Morgan fingerprint density at radius 1 is 0.844 bits per heavy atom. The van der Waals surface area contributed by atoms with Crippen molar-refractivity contribution < 1.29 is 14.4 Å². The molecule has 0 aromatic heterocycles. The Bertz CT molecular complexity index is 1160. The smallest absolute Gasteiger partial charge is 0.255 e. The number of benzene rings is 3. The fraction of sp³-hybridized carbons (Fsp3) is 0.192. The molecule has 3 amide bonds. The molecule has 0 saturated carbocycles. The number of amides is 3. The molecule has 162 valence electrons. The third-order valence-electron chi connectivity index (χ3n) is 5.74. The summed E-state index contributed by atoms with van der Waals surface area (Å²) in [7, 11) is 0. The van der Waals surface area contributed by atoms with E-state index < -0.39 is 5.92 Å². The van der Waals surface area contributed by atoms with E-state index in [-0.39, 0.29) is 24.1 Å². The first kappa shape index (κ1) is 21.3. The number of aryl methyl sites for hydroxylation is 2. The molecule has 3 aromatic carbocycles. The van der Waals surface area contributed by atoms with Crippen molar-refractivity contribution in [3.63, 3.8) is 0 Å². The van der Waals surface area contributed by atoms with Gasteiger partial charge in [-0.05, 0) is 73.5 Å². The van der Waals surface area contributed by atoms with E-state index in [9.17, 15) is 14.4 Å². The number of nitrogens with zero attached hydrogens (tertiary/aromatic N) is 1. The molecule has 1 fully saturated rings. The van der Waals surface area contributed by atoms with Crippen molar-refractivity contribution in [2.45, 2.75) is 20.3 Å². The number of carbonyl (C=O) groups is 3. The lowest BCUT2D eigenvalue weighted by atomic mass is 10.1. The fourth-order valence-corrected chi connectivity index (χ4v) is 3.71. The molecule has 0 radical (unpaired) electrons. The first-order valence-electron chi connectivity index (χ1n) is 10.6. The minimum Gasteiger partial charge on any atom is -0.326 e. The molecule has 1 atom stereocenters. The van der Waals surface area contributed by atoms with Gasteiger partial charge in [-0.15, -0.1) is 0 Å². The average Bonchev–Trinajstić information content (AvgIpc) is 3.19. The Kier molecular flexibility index (Phi) is 6.03. The molecule has 0 aliphatic carbocycles. The van der Waals surface area contributed by atoms with E-state index in [1.165, 1.54) is 5.56 Å². The molecule has 6 heteroatoms. The summed E-state index contributed by atoms with van der Waals surface area (Å²) >= 11 is 0. The molecule has 1 saturated heterocycles. The second kappa shape index (κ2) is 9.06. The number of anilines is 3. The summed E-state index contributed by atoms with van der Waals surface area (Å²) in [6.45, 7) is 4.37. The van der Waals surface area contributed by atoms with E-state index in [4.69, 9.17) is 0 Å². The Hall–Kier alpha value is -3.93. The van der Waals surface area contributed by atoms with Crippen LogP contribution >= 0.6 is 0 Å². The molecule has 0 spiro atoms. The van der Waals surface area contributed by atoms with Crippen LogP contribution in [-0.2, 0) is 9.59 Å². The van der Waals surface area contributed by atoms with Gasteiger partial charge in [0.25, 0.3) is 5.91 Å². The molecule has 6 nitrogen and oxygen atoms in total. The van der Waals surface area contributed by atoms with Crippen molar-refractivity contribution >= 4 is 34.8 Å². The molecule has 32 heavy (non-hydrogen) atoms. The van der Waals surface area contributed by atoms with Gasteiger partial charge in [-0.1, -0.05) is 24.3 Å². The van der Waals surface area contributed by atoms with Gasteiger partial charge >= 0.3 is 0 Å². The van der Waals surface area contributed by atoms with Crippen molar-refractivity contribution in [3.05, 3.63) is 89.5 Å². The van der Waals surface area contributed by atoms with Crippen molar-refractivity contribution in [3.8, 4) is 0 Å². The average molecular weight is 428 g/mol. The number of para-hydroxylation sites is 1. The van der Waals surface area contributed by atoms with Crippen molar-refractivity contribution in [1.29, 1.82) is 0 Å². The van der Waals surface area contributed by atoms with Gasteiger partial charge in [0.1, 0.15) is 0 Å². The minimum absolute atomic E-state index is 0.0605. The number of nitrogens with one attached hydrogen (secondary N) is 2. The first-order valence-corrected chi connectivity index (χ1v) is 10.6. The van der Waals surface area contributed by atoms with Crippen molar-refractivity contribution in [2.75, 3.05) is 22.1 Å². The van der Waals surface area contributed by atoms with Crippen LogP contribution in [0.1, 0.15) is 27.9 Å². The van der Waals surface area contributed by atoms with Crippen LogP contribution in [0.4, 0.5) is 17.1 Å². The summed E-state index contributed by atoms with van der Waals surface area (Å²) in [4.78, 5) is 39.2. The molecular formula is C26H25N3O3. The highest BCUT2D eigenvalue weighted by atomic mass is 16.2. The molecule has 1 heterocycles. The molecule has 3 aromatic rings. The van der Waals surface area contributed by atoms with Crippen LogP contribution in [0.2, 0.25) is 0 Å². The predicted molar refractivity (Wildman–Crippen MR) is 126 cm³/mol. The Labute approximate surface area is 187 Å². The quantitative estimate of drug-likeness (QED) is 0.627. The van der Waals surface area contributed by atoms with Gasteiger partial charge < -0.3 is 15.5 Å². The summed E-state index contributed by atoms with van der Waals surface area (Å²) in [6.07, 6.45) is 0.178. The maximum absolute atomic E-state index is 12.7. The summed E-state index contributed by atoms with van der Waals surface area (Å²) in [5.41, 5.74) is 4.89. The van der Waals surface area contributed by atoms with Crippen LogP contribution in [0.3, 0.4) is 0 Å². The van der Waals surface area contributed by atoms with Crippen LogP contribution in [-0.4, -0.2) is 24.3 Å². The Morgan fingerprint density at radius 2 is 1.53 bits per heavy atom. The molecule has 2 N–H and O–H groups in total. The second-order valence-electron chi connectivity index (χ2n) is 8.06. The maximum Gasteiger partial charge on any atom is 0.255 e. The van der Waals surface area contributed by atoms with Gasteiger partial charge in [0.2, 0.25) is 11.8 Å². The fourth-order valence-electron chi connectivity index (χ4n) is 3.71. The summed E-state index contributed by atoms with van der Waals surface area (Å²) in [5.74, 6) is -0.902. The zero-order valence-corrected chi connectivity index (χ0v) is 18.1. The van der Waals surface area contributed by atoms with Gasteiger partial charge in [-0.25, -0.2) is 0 Å². The molecule has 1 unspecified atom stereocenters. The van der Waals surface area contributed by atoms with E-state index in [1.807, 2.05) is 62.4 Å². The van der Waals surface area contributed by atoms with Gasteiger partial charge in [-0.2, -0.15) is 0 Å². The monoisotopic (exact) mass is 427 g/mol. The van der Waals surface area contributed by atoms with Crippen molar-refractivity contribution in [2.24, 2.45) is 5.92 Å². The first-order chi connectivity index (χ1) is 15.4. The predicted octanol–water partition coefficient (Wildman–Crippen LogP) is 4.55. The molecular weight excluding hydrogens is 402 g/mol.